The van der Waals surface area contributed by atoms with Gasteiger partial charge in [-0.3, -0.25) is 0 Å². The predicted molar refractivity (Wildman–Crippen MR) is 281 cm³/mol. The van der Waals surface area contributed by atoms with E-state index in [0.717, 1.165) is 24.3 Å². The van der Waals surface area contributed by atoms with Crippen molar-refractivity contribution >= 4 is 47.8 Å². The quantitative estimate of drug-likeness (QED) is 0.0264. The first-order valence-corrected chi connectivity index (χ1v) is 24.7. The van der Waals surface area contributed by atoms with E-state index in [1.807, 2.05) is 0 Å². The number of hydrogen-bond donors (Lipinski definition) is 6. The monoisotopic (exact) mass is 1280 g/mol. The third-order valence-corrected chi connectivity index (χ3v) is 12.6. The SMILES string of the molecule is O=C(O)c1cc(Oc2ccc(-c3ccc(Oc4cc(C(=O)OC(=O)c5cc(Oc6ccc(-c7ccc(Oc8cc(C(=O)O)c(C(=O)O)c(C(F)(F)F)c8)cc7)cc6)cc(C(F)(F)F)c5C(=O)O)c(C(=O)O)c(C(F)(F)F)c4)cc3)cc2)cc(C(F)(F)F)c1C(=O)O. The Hall–Kier alpha value is -11.9. The highest BCUT2D eigenvalue weighted by Crippen LogP contribution is 2.44. The van der Waals surface area contributed by atoms with Gasteiger partial charge in [-0.2, -0.15) is 52.7 Å². The fourth-order valence-corrected chi connectivity index (χ4v) is 8.77. The molecule has 0 aliphatic rings. The summed E-state index contributed by atoms with van der Waals surface area (Å²) in [6.07, 6.45) is -21.9. The second-order valence-corrected chi connectivity index (χ2v) is 18.6. The van der Waals surface area contributed by atoms with Crippen LogP contribution in [0.2, 0.25) is 0 Å². The molecule has 0 atom stereocenters. The van der Waals surface area contributed by atoms with Gasteiger partial charge in [0.2, 0.25) is 0 Å². The van der Waals surface area contributed by atoms with Gasteiger partial charge in [0.05, 0.1) is 66.8 Å². The van der Waals surface area contributed by atoms with E-state index in [4.69, 9.17) is 18.9 Å². The van der Waals surface area contributed by atoms with Gasteiger partial charge >= 0.3 is 72.5 Å². The van der Waals surface area contributed by atoms with E-state index >= 15 is 0 Å². The Morgan fingerprint density at radius 2 is 0.440 bits per heavy atom. The zero-order chi connectivity index (χ0) is 67.0. The fourth-order valence-electron chi connectivity index (χ4n) is 8.77. The molecular weight excluding hydrogens is 1250 g/mol. The van der Waals surface area contributed by atoms with Gasteiger partial charge in [-0.25, -0.2) is 38.4 Å². The summed E-state index contributed by atoms with van der Waals surface area (Å²) < 4.78 is 196. The number of carboxylic acids is 6. The summed E-state index contributed by atoms with van der Waals surface area (Å²) in [7, 11) is 0. The summed E-state index contributed by atoms with van der Waals surface area (Å²) in [4.78, 5) is 98.7. The summed E-state index contributed by atoms with van der Waals surface area (Å²) in [5.41, 5.74) is -19.0. The van der Waals surface area contributed by atoms with E-state index in [1.54, 1.807) is 0 Å². The van der Waals surface area contributed by atoms with E-state index in [-0.39, 0.29) is 47.3 Å². The van der Waals surface area contributed by atoms with Crippen LogP contribution in [0.1, 0.15) is 105 Å². The standard InChI is InChI=1S/C60H30F12O19/c61-57(62,63)41-21-33(17-37(49(73)74)45(41)51(77)78)87-29-9-1-25(2-10-29)27-5-13-31(14-6-27)89-35-19-39(47(53(81)82)43(23-35)59(67,68)69)55(85)91-56(86)40-20-36(24-44(60(70,71)72)48(40)54(83)84)90-32-15-7-28(8-16-32)26-3-11-30(12-4-26)88-34-18-38(50(75)76)46(52(79)80)42(22-34)58(64,65)66/h1-24H,(H,73,74)(H,75,76)(H,77,78)(H,79,80)(H,81,82)(H,83,84). The normalized spacial score (nSPS) is 11.7. The highest BCUT2D eigenvalue weighted by Gasteiger charge is 2.44. The molecule has 19 nitrogen and oxygen atoms in total. The lowest BCUT2D eigenvalue weighted by atomic mass is 9.98. The molecule has 0 aliphatic carbocycles. The van der Waals surface area contributed by atoms with Crippen LogP contribution in [-0.4, -0.2) is 78.4 Å². The Bertz CT molecular complexity index is 4010. The van der Waals surface area contributed by atoms with Gasteiger partial charge in [-0.1, -0.05) is 48.5 Å². The summed E-state index contributed by atoms with van der Waals surface area (Å²) in [5.74, 6) is -22.2. The number of hydrogen-bond acceptors (Lipinski definition) is 13. The molecule has 0 radical (unpaired) electrons. The Kier molecular flexibility index (Phi) is 17.7. The van der Waals surface area contributed by atoms with Crippen LogP contribution in [0, 0.1) is 0 Å². The number of halogens is 12. The zero-order valence-electron chi connectivity index (χ0n) is 44.4. The summed E-state index contributed by atoms with van der Waals surface area (Å²) in [6, 6.07) is 22.4. The maximum atomic E-state index is 14.6. The second-order valence-electron chi connectivity index (χ2n) is 18.6. The second kappa shape index (κ2) is 24.7. The molecule has 0 fully saturated rings. The molecule has 8 aromatic carbocycles. The van der Waals surface area contributed by atoms with Gasteiger partial charge in [0, 0.05) is 0 Å². The lowest BCUT2D eigenvalue weighted by Crippen LogP contribution is -2.23. The van der Waals surface area contributed by atoms with Crippen LogP contribution in [0.25, 0.3) is 22.3 Å². The van der Waals surface area contributed by atoms with Crippen LogP contribution in [0.4, 0.5) is 52.7 Å². The summed E-state index contributed by atoms with van der Waals surface area (Å²) >= 11 is 0. The highest BCUT2D eigenvalue weighted by molar-refractivity contribution is 6.12. The van der Waals surface area contributed by atoms with E-state index in [1.165, 1.54) is 72.8 Å². The minimum Gasteiger partial charge on any atom is -0.478 e. The molecule has 0 heterocycles. The van der Waals surface area contributed by atoms with E-state index in [2.05, 4.69) is 4.74 Å². The molecule has 91 heavy (non-hydrogen) atoms. The highest BCUT2D eigenvalue weighted by atomic mass is 19.4. The Morgan fingerprint density at radius 1 is 0.253 bits per heavy atom. The van der Waals surface area contributed by atoms with Gasteiger partial charge in [0.1, 0.15) is 46.0 Å². The molecule has 0 aromatic heterocycles. The van der Waals surface area contributed by atoms with Crippen molar-refractivity contribution in [1.29, 1.82) is 0 Å². The van der Waals surface area contributed by atoms with Gasteiger partial charge in [-0.05, 0) is 119 Å². The maximum Gasteiger partial charge on any atom is 0.417 e. The third-order valence-electron chi connectivity index (χ3n) is 12.6. The number of carboxylic acid groups (broad SMARTS) is 6. The Labute approximate surface area is 497 Å². The van der Waals surface area contributed by atoms with Crippen LogP contribution in [0.3, 0.4) is 0 Å². The molecule has 0 unspecified atom stereocenters. The maximum absolute atomic E-state index is 14.6. The Balaban J connectivity index is 1.02. The first-order valence-electron chi connectivity index (χ1n) is 24.7. The Morgan fingerprint density at radius 3 is 0.615 bits per heavy atom. The van der Waals surface area contributed by atoms with Gasteiger partial charge in [0.15, 0.2) is 0 Å². The van der Waals surface area contributed by atoms with Gasteiger partial charge in [0.25, 0.3) is 0 Å². The van der Waals surface area contributed by atoms with Crippen LogP contribution in [-0.2, 0) is 29.4 Å². The van der Waals surface area contributed by atoms with Crippen LogP contribution < -0.4 is 18.9 Å². The van der Waals surface area contributed by atoms with Crippen LogP contribution in [0.15, 0.2) is 146 Å². The molecular formula is C60H30F12O19. The molecule has 0 amide bonds. The molecule has 468 valence electrons. The summed E-state index contributed by atoms with van der Waals surface area (Å²) in [6.45, 7) is 0. The van der Waals surface area contributed by atoms with E-state index < -0.39 is 162 Å². The molecule has 31 heteroatoms. The molecule has 0 saturated heterocycles. The number of esters is 2. The van der Waals surface area contributed by atoms with Crippen molar-refractivity contribution in [3.05, 3.63) is 212 Å². The first kappa shape index (κ1) is 65.1. The summed E-state index contributed by atoms with van der Waals surface area (Å²) in [5, 5.41) is 57.4. The van der Waals surface area contributed by atoms with Gasteiger partial charge < -0.3 is 54.3 Å². The number of carbonyl (C=O) groups excluding carboxylic acids is 2. The number of rotatable bonds is 18. The van der Waals surface area contributed by atoms with Crippen LogP contribution >= 0.6 is 0 Å². The van der Waals surface area contributed by atoms with E-state index in [9.17, 15) is 122 Å². The fraction of sp³-hybridized carbons (Fsp3) is 0.0667. The lowest BCUT2D eigenvalue weighted by Gasteiger charge is -2.18. The minimum atomic E-state index is -5.64. The number of benzene rings is 8. The molecule has 0 saturated carbocycles. The molecule has 8 aromatic rings. The minimum absolute atomic E-state index is 0.119. The number of alkyl halides is 12. The van der Waals surface area contributed by atoms with Gasteiger partial charge in [-0.15, -0.1) is 0 Å². The smallest absolute Gasteiger partial charge is 0.417 e. The van der Waals surface area contributed by atoms with Crippen LogP contribution in [0.5, 0.6) is 46.0 Å². The van der Waals surface area contributed by atoms with Crippen molar-refractivity contribution in [2.45, 2.75) is 24.7 Å². The van der Waals surface area contributed by atoms with Crippen molar-refractivity contribution in [1.82, 2.24) is 0 Å². The van der Waals surface area contributed by atoms with Crippen molar-refractivity contribution in [3.8, 4) is 68.2 Å². The van der Waals surface area contributed by atoms with Crippen molar-refractivity contribution < 1.29 is 145 Å². The third kappa shape index (κ3) is 14.6. The molecule has 0 aliphatic heterocycles. The van der Waals surface area contributed by atoms with E-state index in [0.29, 0.717) is 46.5 Å². The largest absolute Gasteiger partial charge is 0.478 e. The number of aromatic carboxylic acids is 6. The number of carbonyl (C=O) groups is 8. The molecule has 0 bridgehead atoms. The lowest BCUT2D eigenvalue weighted by molar-refractivity contribution is -0.139. The molecule has 8 rings (SSSR count). The molecule has 6 N–H and O–H groups in total. The first-order chi connectivity index (χ1) is 42.4. The number of ether oxygens (including phenoxy) is 5. The zero-order valence-corrected chi connectivity index (χ0v) is 44.4. The molecule has 0 spiro atoms. The van der Waals surface area contributed by atoms with Crippen molar-refractivity contribution in [3.63, 3.8) is 0 Å². The van der Waals surface area contributed by atoms with Crippen molar-refractivity contribution in [2.24, 2.45) is 0 Å². The predicted octanol–water partition coefficient (Wildman–Crippen LogP) is 15.5. The topological polar surface area (TPSA) is 304 Å². The average molecular weight is 1280 g/mol. The average Bonchev–Trinajstić information content (AvgIpc) is 0.810. The van der Waals surface area contributed by atoms with Crippen molar-refractivity contribution in [2.75, 3.05) is 0 Å².